The molecule has 0 bridgehead atoms. The smallest absolute Gasteiger partial charge is 0.212 e. The summed E-state index contributed by atoms with van der Waals surface area (Å²) < 4.78 is 25.7. The monoisotopic (exact) mass is 262 g/mol. The number of nitrogens with one attached hydrogen (secondary N) is 1. The summed E-state index contributed by atoms with van der Waals surface area (Å²) in [7, 11) is -3.16. The summed E-state index contributed by atoms with van der Waals surface area (Å²) >= 11 is 1.56. The molecule has 0 aliphatic carbocycles. The second kappa shape index (κ2) is 5.75. The lowest BCUT2D eigenvalue weighted by molar-refractivity contribution is 0.565. The number of hydrogen-bond donors (Lipinski definition) is 1. The van der Waals surface area contributed by atoms with Crippen molar-refractivity contribution in [1.82, 2.24) is 9.71 Å². The van der Waals surface area contributed by atoms with Crippen LogP contribution in [-0.4, -0.2) is 19.2 Å². The van der Waals surface area contributed by atoms with Gasteiger partial charge in [0.05, 0.1) is 11.8 Å². The number of nitrogens with zero attached hydrogens (tertiary/aromatic N) is 1. The van der Waals surface area contributed by atoms with Crippen LogP contribution in [0.1, 0.15) is 43.1 Å². The fraction of sp³-hybridized carbons (Fsp3) is 0.700. The van der Waals surface area contributed by atoms with Gasteiger partial charge in [-0.05, 0) is 19.8 Å². The van der Waals surface area contributed by atoms with E-state index in [1.165, 1.54) is 4.88 Å². The van der Waals surface area contributed by atoms with Crippen molar-refractivity contribution in [3.8, 4) is 0 Å². The van der Waals surface area contributed by atoms with Crippen molar-refractivity contribution in [2.24, 2.45) is 0 Å². The zero-order valence-corrected chi connectivity index (χ0v) is 11.5. The number of aryl methyl sites for hydroxylation is 1. The van der Waals surface area contributed by atoms with Gasteiger partial charge in [0.15, 0.2) is 0 Å². The average molecular weight is 262 g/mol. The minimum absolute atomic E-state index is 0.170. The maximum Gasteiger partial charge on any atom is 0.212 e. The molecule has 1 rings (SSSR count). The summed E-state index contributed by atoms with van der Waals surface area (Å²) in [6.07, 6.45) is 3.37. The first-order chi connectivity index (χ1) is 7.48. The number of rotatable bonds is 6. The summed E-state index contributed by atoms with van der Waals surface area (Å²) in [6.45, 7) is 5.73. The number of hydrogen-bond acceptors (Lipinski definition) is 4. The van der Waals surface area contributed by atoms with Crippen LogP contribution in [0.25, 0.3) is 0 Å². The molecule has 0 fully saturated rings. The fourth-order valence-corrected chi connectivity index (χ4v) is 3.57. The lowest BCUT2D eigenvalue weighted by atomic mass is 10.4. The Hall–Kier alpha value is -0.460. The highest BCUT2D eigenvalue weighted by Crippen LogP contribution is 2.20. The van der Waals surface area contributed by atoms with Crippen LogP contribution in [0.4, 0.5) is 0 Å². The Labute approximate surface area is 101 Å². The van der Waals surface area contributed by atoms with Crippen molar-refractivity contribution in [2.75, 3.05) is 5.75 Å². The number of aromatic nitrogens is 1. The second-order valence-corrected chi connectivity index (χ2v) is 6.70. The maximum atomic E-state index is 11.6. The second-order valence-electron chi connectivity index (χ2n) is 3.68. The molecule has 0 radical (unpaired) electrons. The van der Waals surface area contributed by atoms with Crippen LogP contribution in [0.2, 0.25) is 0 Å². The van der Waals surface area contributed by atoms with E-state index in [1.54, 1.807) is 11.3 Å². The summed E-state index contributed by atoms with van der Waals surface area (Å²) in [5.74, 6) is 0.170. The molecule has 0 aliphatic heterocycles. The Kier molecular flexibility index (Phi) is 4.89. The molecule has 1 unspecified atom stereocenters. The molecule has 1 aromatic heterocycles. The van der Waals surface area contributed by atoms with E-state index in [-0.39, 0.29) is 11.8 Å². The van der Waals surface area contributed by atoms with Gasteiger partial charge in [-0.2, -0.15) is 0 Å². The average Bonchev–Trinajstić information content (AvgIpc) is 2.64. The van der Waals surface area contributed by atoms with Crippen molar-refractivity contribution in [3.63, 3.8) is 0 Å². The first-order valence-corrected chi connectivity index (χ1v) is 7.90. The Morgan fingerprint density at radius 2 is 2.19 bits per heavy atom. The molecule has 4 nitrogen and oxygen atoms in total. The van der Waals surface area contributed by atoms with Gasteiger partial charge < -0.3 is 0 Å². The van der Waals surface area contributed by atoms with Crippen LogP contribution >= 0.6 is 11.3 Å². The molecule has 1 heterocycles. The van der Waals surface area contributed by atoms with Gasteiger partial charge in [-0.3, -0.25) is 0 Å². The zero-order chi connectivity index (χ0) is 12.2. The fourth-order valence-electron chi connectivity index (χ4n) is 1.33. The quantitative estimate of drug-likeness (QED) is 0.854. The lowest BCUT2D eigenvalue weighted by Gasteiger charge is -2.10. The van der Waals surface area contributed by atoms with Gasteiger partial charge in [-0.25, -0.2) is 18.1 Å². The van der Waals surface area contributed by atoms with Gasteiger partial charge in [0.1, 0.15) is 5.01 Å². The van der Waals surface area contributed by atoms with Crippen LogP contribution < -0.4 is 4.72 Å². The molecule has 0 aliphatic rings. The van der Waals surface area contributed by atoms with E-state index in [2.05, 4.69) is 16.6 Å². The van der Waals surface area contributed by atoms with Gasteiger partial charge in [0.25, 0.3) is 0 Å². The van der Waals surface area contributed by atoms with Gasteiger partial charge >= 0.3 is 0 Å². The summed E-state index contributed by atoms with van der Waals surface area (Å²) in [5, 5.41) is 0.830. The Morgan fingerprint density at radius 1 is 1.50 bits per heavy atom. The highest BCUT2D eigenvalue weighted by atomic mass is 32.2. The highest BCUT2D eigenvalue weighted by Gasteiger charge is 2.17. The minimum Gasteiger partial charge on any atom is -0.248 e. The van der Waals surface area contributed by atoms with Crippen molar-refractivity contribution in [2.45, 2.75) is 39.7 Å². The largest absolute Gasteiger partial charge is 0.248 e. The minimum atomic E-state index is -3.16. The molecule has 1 aromatic rings. The van der Waals surface area contributed by atoms with Crippen molar-refractivity contribution >= 4 is 21.4 Å². The van der Waals surface area contributed by atoms with E-state index in [9.17, 15) is 8.42 Å². The van der Waals surface area contributed by atoms with Gasteiger partial charge in [0, 0.05) is 11.1 Å². The van der Waals surface area contributed by atoms with Gasteiger partial charge in [0.2, 0.25) is 10.0 Å². The summed E-state index contributed by atoms with van der Waals surface area (Å²) in [5.41, 5.74) is 0. The highest BCUT2D eigenvalue weighted by molar-refractivity contribution is 7.89. The van der Waals surface area contributed by atoms with E-state index < -0.39 is 10.0 Å². The van der Waals surface area contributed by atoms with Crippen LogP contribution in [0.3, 0.4) is 0 Å². The molecule has 0 saturated heterocycles. The SMILES string of the molecule is CCCS(=O)(=O)NC(C)c1ncc(CC)s1. The number of thiazole rings is 1. The van der Waals surface area contributed by atoms with E-state index in [4.69, 9.17) is 0 Å². The normalized spacial score (nSPS) is 13.9. The third-order valence-corrected chi connectivity index (χ3v) is 5.10. The van der Waals surface area contributed by atoms with E-state index in [0.717, 1.165) is 11.4 Å². The van der Waals surface area contributed by atoms with Gasteiger partial charge in [-0.1, -0.05) is 13.8 Å². The van der Waals surface area contributed by atoms with Crippen LogP contribution in [0, 0.1) is 0 Å². The van der Waals surface area contributed by atoms with Crippen LogP contribution in [0.5, 0.6) is 0 Å². The molecule has 1 atom stereocenters. The Morgan fingerprint density at radius 3 is 2.69 bits per heavy atom. The van der Waals surface area contributed by atoms with E-state index in [0.29, 0.717) is 6.42 Å². The molecular formula is C10H18N2O2S2. The van der Waals surface area contributed by atoms with Crippen molar-refractivity contribution < 1.29 is 8.42 Å². The maximum absolute atomic E-state index is 11.6. The molecule has 0 spiro atoms. The molecular weight excluding hydrogens is 244 g/mol. The molecule has 0 aromatic carbocycles. The third-order valence-electron chi connectivity index (χ3n) is 2.12. The van der Waals surface area contributed by atoms with Crippen LogP contribution in [-0.2, 0) is 16.4 Å². The molecule has 16 heavy (non-hydrogen) atoms. The molecule has 1 N–H and O–H groups in total. The first kappa shape index (κ1) is 13.6. The molecule has 0 saturated carbocycles. The predicted octanol–water partition coefficient (Wildman–Crippen LogP) is 2.10. The summed E-state index contributed by atoms with van der Waals surface area (Å²) in [4.78, 5) is 5.40. The Bertz CT molecular complexity index is 426. The topological polar surface area (TPSA) is 59.1 Å². The first-order valence-electron chi connectivity index (χ1n) is 5.43. The number of sulfonamides is 1. The molecule has 6 heteroatoms. The lowest BCUT2D eigenvalue weighted by Crippen LogP contribution is -2.28. The van der Waals surface area contributed by atoms with Crippen molar-refractivity contribution in [3.05, 3.63) is 16.1 Å². The van der Waals surface area contributed by atoms with Gasteiger partial charge in [-0.15, -0.1) is 11.3 Å². The molecule has 92 valence electrons. The van der Waals surface area contributed by atoms with Crippen LogP contribution in [0.15, 0.2) is 6.20 Å². The molecule has 0 amide bonds. The van der Waals surface area contributed by atoms with Crippen molar-refractivity contribution in [1.29, 1.82) is 0 Å². The van der Waals surface area contributed by atoms with E-state index >= 15 is 0 Å². The standard InChI is InChI=1S/C10H18N2O2S2/c1-4-6-16(13,14)12-8(3)10-11-7-9(5-2)15-10/h7-8,12H,4-6H2,1-3H3. The third kappa shape index (κ3) is 3.84. The summed E-state index contributed by atoms with van der Waals surface area (Å²) in [6, 6.07) is -0.234. The zero-order valence-electron chi connectivity index (χ0n) is 9.86. The van der Waals surface area contributed by atoms with E-state index in [1.807, 2.05) is 20.0 Å². The Balaban J connectivity index is 2.68. The predicted molar refractivity (Wildman–Crippen MR) is 67.1 cm³/mol.